The molecule has 0 atom stereocenters. The van der Waals surface area contributed by atoms with Crippen LogP contribution in [0.2, 0.25) is 0 Å². The van der Waals surface area contributed by atoms with E-state index in [0.29, 0.717) is 45.0 Å². The molecule has 0 spiro atoms. The fourth-order valence-electron chi connectivity index (χ4n) is 3.44. The summed E-state index contributed by atoms with van der Waals surface area (Å²) >= 11 is 0. The second kappa shape index (κ2) is 13.0. The summed E-state index contributed by atoms with van der Waals surface area (Å²) in [5, 5.41) is 7.03. The van der Waals surface area contributed by atoms with E-state index in [1.54, 1.807) is 6.07 Å². The number of nitrogens with one attached hydrogen (secondary N) is 1. The third kappa shape index (κ3) is 7.62. The normalized spacial score (nSPS) is 15.3. The minimum absolute atomic E-state index is 0. The molecule has 9 nitrogen and oxygen atoms in total. The van der Waals surface area contributed by atoms with Crippen LogP contribution in [-0.2, 0) is 22.2 Å². The Morgan fingerprint density at radius 2 is 2.00 bits per heavy atom. The van der Waals surface area contributed by atoms with Crippen molar-refractivity contribution in [2.45, 2.75) is 26.0 Å². The van der Waals surface area contributed by atoms with Gasteiger partial charge < -0.3 is 19.5 Å². The summed E-state index contributed by atoms with van der Waals surface area (Å²) in [6, 6.07) is 9.65. The summed E-state index contributed by atoms with van der Waals surface area (Å²) in [4.78, 5) is 6.87. The number of hydrogen-bond donors (Lipinski definition) is 1. The summed E-state index contributed by atoms with van der Waals surface area (Å²) in [6.45, 7) is 8.05. The Kier molecular flexibility index (Phi) is 10.7. The SMILES string of the molecule is CCNC(=NCCc1cccc(OCC)c1)N1CCN(S(=O)(=O)Cc2ccon2)CC1.I. The lowest BCUT2D eigenvalue weighted by atomic mass is 10.1. The van der Waals surface area contributed by atoms with Gasteiger partial charge >= 0.3 is 0 Å². The quantitative estimate of drug-likeness (QED) is 0.278. The van der Waals surface area contributed by atoms with Crippen molar-refractivity contribution in [3.63, 3.8) is 0 Å². The number of rotatable bonds is 9. The van der Waals surface area contributed by atoms with Crippen molar-refractivity contribution in [3.8, 4) is 5.75 Å². The van der Waals surface area contributed by atoms with E-state index in [0.717, 1.165) is 24.7 Å². The number of nitrogens with zero attached hydrogens (tertiary/aromatic N) is 4. The van der Waals surface area contributed by atoms with Crippen LogP contribution in [0.4, 0.5) is 0 Å². The topological polar surface area (TPSA) is 100 Å². The maximum atomic E-state index is 12.6. The molecule has 1 aromatic heterocycles. The molecule has 1 N–H and O–H groups in total. The molecule has 0 saturated carbocycles. The van der Waals surface area contributed by atoms with Crippen LogP contribution in [0, 0.1) is 0 Å². The smallest absolute Gasteiger partial charge is 0.220 e. The van der Waals surface area contributed by atoms with Crippen molar-refractivity contribution >= 4 is 40.0 Å². The summed E-state index contributed by atoms with van der Waals surface area (Å²) < 4.78 is 37.1. The molecule has 1 fully saturated rings. The minimum Gasteiger partial charge on any atom is -0.494 e. The van der Waals surface area contributed by atoms with E-state index in [1.807, 2.05) is 32.0 Å². The van der Waals surface area contributed by atoms with Gasteiger partial charge in [0.05, 0.1) is 12.3 Å². The average Bonchev–Trinajstić information content (AvgIpc) is 3.26. The lowest BCUT2D eigenvalue weighted by molar-refractivity contribution is 0.260. The highest BCUT2D eigenvalue weighted by atomic mass is 127. The number of hydrogen-bond acceptors (Lipinski definition) is 6. The molecule has 0 unspecified atom stereocenters. The van der Waals surface area contributed by atoms with Gasteiger partial charge in [0.15, 0.2) is 5.96 Å². The Morgan fingerprint density at radius 1 is 1.22 bits per heavy atom. The van der Waals surface area contributed by atoms with Crippen molar-refractivity contribution in [1.29, 1.82) is 0 Å². The molecule has 2 heterocycles. The first-order valence-corrected chi connectivity index (χ1v) is 12.2. The number of sulfonamides is 1. The maximum absolute atomic E-state index is 12.6. The van der Waals surface area contributed by atoms with E-state index in [4.69, 9.17) is 14.3 Å². The van der Waals surface area contributed by atoms with Crippen molar-refractivity contribution in [3.05, 3.63) is 47.9 Å². The third-order valence-corrected chi connectivity index (χ3v) is 6.77. The van der Waals surface area contributed by atoms with Gasteiger partial charge in [-0.3, -0.25) is 4.99 Å². The minimum atomic E-state index is -3.42. The summed E-state index contributed by atoms with van der Waals surface area (Å²) in [7, 11) is -3.42. The van der Waals surface area contributed by atoms with Gasteiger partial charge in [-0.1, -0.05) is 17.3 Å². The number of aliphatic imine (C=N–C) groups is 1. The van der Waals surface area contributed by atoms with Gasteiger partial charge in [-0.2, -0.15) is 4.31 Å². The molecule has 0 aliphatic carbocycles. The van der Waals surface area contributed by atoms with E-state index < -0.39 is 10.0 Å². The monoisotopic (exact) mass is 577 g/mol. The Morgan fingerprint density at radius 3 is 2.66 bits per heavy atom. The van der Waals surface area contributed by atoms with E-state index >= 15 is 0 Å². The average molecular weight is 577 g/mol. The van der Waals surface area contributed by atoms with Gasteiger partial charge in [0.25, 0.3) is 0 Å². The molecule has 178 valence electrons. The van der Waals surface area contributed by atoms with E-state index in [1.165, 1.54) is 16.1 Å². The van der Waals surface area contributed by atoms with Crippen molar-refractivity contribution in [1.82, 2.24) is 19.7 Å². The largest absolute Gasteiger partial charge is 0.494 e. The first-order valence-electron chi connectivity index (χ1n) is 10.6. The predicted octanol–water partition coefficient (Wildman–Crippen LogP) is 2.35. The zero-order valence-corrected chi connectivity index (χ0v) is 21.7. The van der Waals surface area contributed by atoms with Crippen molar-refractivity contribution in [2.24, 2.45) is 4.99 Å². The Hall–Kier alpha value is -1.86. The first kappa shape index (κ1) is 26.4. The van der Waals surface area contributed by atoms with Gasteiger partial charge in [0.1, 0.15) is 17.8 Å². The van der Waals surface area contributed by atoms with Gasteiger partial charge in [-0.15, -0.1) is 24.0 Å². The molecule has 1 aliphatic rings. The van der Waals surface area contributed by atoms with Crippen LogP contribution < -0.4 is 10.1 Å². The lowest BCUT2D eigenvalue weighted by Gasteiger charge is -2.35. The molecule has 0 amide bonds. The fraction of sp³-hybridized carbons (Fsp3) is 0.524. The second-order valence-electron chi connectivity index (χ2n) is 7.20. The van der Waals surface area contributed by atoms with Gasteiger partial charge in [-0.25, -0.2) is 8.42 Å². The Balaban J connectivity index is 0.00000363. The van der Waals surface area contributed by atoms with Gasteiger partial charge in [-0.05, 0) is 38.0 Å². The van der Waals surface area contributed by atoms with Crippen molar-refractivity contribution < 1.29 is 17.7 Å². The molecular weight excluding hydrogens is 545 g/mol. The second-order valence-corrected chi connectivity index (χ2v) is 9.17. The van der Waals surface area contributed by atoms with Crippen LogP contribution in [0.1, 0.15) is 25.1 Å². The zero-order chi connectivity index (χ0) is 22.1. The number of aromatic nitrogens is 1. The lowest BCUT2D eigenvalue weighted by Crippen LogP contribution is -2.54. The van der Waals surface area contributed by atoms with Crippen LogP contribution in [-0.4, -0.2) is 74.6 Å². The van der Waals surface area contributed by atoms with Gasteiger partial charge in [0.2, 0.25) is 10.0 Å². The number of ether oxygens (including phenoxy) is 1. The van der Waals surface area contributed by atoms with Gasteiger partial charge in [0, 0.05) is 45.3 Å². The molecule has 2 aromatic rings. The van der Waals surface area contributed by atoms with Crippen LogP contribution in [0.15, 0.2) is 46.1 Å². The molecule has 32 heavy (non-hydrogen) atoms. The Labute approximate surface area is 207 Å². The highest BCUT2D eigenvalue weighted by molar-refractivity contribution is 14.0. The number of guanidine groups is 1. The summed E-state index contributed by atoms with van der Waals surface area (Å²) in [6.07, 6.45) is 2.19. The molecule has 0 bridgehead atoms. The van der Waals surface area contributed by atoms with Crippen LogP contribution >= 0.6 is 24.0 Å². The molecule has 1 aliphatic heterocycles. The molecule has 1 saturated heterocycles. The zero-order valence-electron chi connectivity index (χ0n) is 18.6. The van der Waals surface area contributed by atoms with Crippen LogP contribution in [0.5, 0.6) is 5.75 Å². The molecule has 1 aromatic carbocycles. The third-order valence-electron chi connectivity index (χ3n) is 4.96. The number of benzene rings is 1. The van der Waals surface area contributed by atoms with Crippen LogP contribution in [0.25, 0.3) is 0 Å². The van der Waals surface area contributed by atoms with E-state index in [9.17, 15) is 8.42 Å². The number of halogens is 1. The predicted molar refractivity (Wildman–Crippen MR) is 135 cm³/mol. The first-order chi connectivity index (χ1) is 15.0. The molecular formula is C21H32IN5O4S. The van der Waals surface area contributed by atoms with Crippen molar-refractivity contribution in [2.75, 3.05) is 45.9 Å². The highest BCUT2D eigenvalue weighted by Gasteiger charge is 2.28. The van der Waals surface area contributed by atoms with Crippen LogP contribution in [0.3, 0.4) is 0 Å². The maximum Gasteiger partial charge on any atom is 0.220 e. The molecule has 0 radical (unpaired) electrons. The summed E-state index contributed by atoms with van der Waals surface area (Å²) in [5.74, 6) is 1.55. The fourth-order valence-corrected chi connectivity index (χ4v) is 4.87. The van der Waals surface area contributed by atoms with E-state index in [2.05, 4.69) is 21.4 Å². The highest BCUT2D eigenvalue weighted by Crippen LogP contribution is 2.15. The summed E-state index contributed by atoms with van der Waals surface area (Å²) in [5.41, 5.74) is 1.60. The number of piperazine rings is 1. The Bertz CT molecular complexity index is 945. The molecule has 3 rings (SSSR count). The molecule has 11 heteroatoms. The standard InChI is InChI=1S/C21H31N5O4S.HI/c1-3-22-21(23-10-8-18-6-5-7-20(16-18)29-4-2)25-11-13-26(14-12-25)31(27,28)17-19-9-15-30-24-19;/h5-7,9,15-16H,3-4,8,10-14,17H2,1-2H3,(H,22,23);1H. The van der Waals surface area contributed by atoms with E-state index in [-0.39, 0.29) is 29.7 Å².